The molecule has 0 fully saturated rings. The highest BCUT2D eigenvalue weighted by Crippen LogP contribution is 2.20. The van der Waals surface area contributed by atoms with Gasteiger partial charge >= 0.3 is 0 Å². The maximum Gasteiger partial charge on any atom is 0.269 e. The molecule has 2 aromatic rings. The second-order valence-electron chi connectivity index (χ2n) is 4.03. The van der Waals surface area contributed by atoms with Crippen LogP contribution in [-0.2, 0) is 0 Å². The molecule has 0 unspecified atom stereocenters. The number of allylic oxidation sites excluding steroid dienone is 1. The zero-order valence-electron chi connectivity index (χ0n) is 10.3. The lowest BCUT2D eigenvalue weighted by atomic mass is 10.0. The number of hydrogen-bond donors (Lipinski definition) is 0. The first-order valence-corrected chi connectivity index (χ1v) is 5.72. The van der Waals surface area contributed by atoms with Crippen LogP contribution in [0.15, 0.2) is 48.5 Å². The summed E-state index contributed by atoms with van der Waals surface area (Å²) in [5.74, 6) is -0.351. The van der Waals surface area contributed by atoms with Crippen molar-refractivity contribution in [2.24, 2.45) is 0 Å². The molecule has 2 rings (SSSR count). The summed E-state index contributed by atoms with van der Waals surface area (Å²) >= 11 is 0. The van der Waals surface area contributed by atoms with Crippen LogP contribution in [0.1, 0.15) is 11.1 Å². The molecule has 20 heavy (non-hydrogen) atoms. The summed E-state index contributed by atoms with van der Waals surface area (Å²) in [6.45, 7) is 0. The topological polar surface area (TPSA) is 66.9 Å². The molecule has 0 atom stereocenters. The van der Waals surface area contributed by atoms with Gasteiger partial charge in [0.15, 0.2) is 0 Å². The van der Waals surface area contributed by atoms with E-state index in [1.807, 2.05) is 6.07 Å². The molecule has 4 nitrogen and oxygen atoms in total. The van der Waals surface area contributed by atoms with Crippen molar-refractivity contribution in [3.63, 3.8) is 0 Å². The van der Waals surface area contributed by atoms with E-state index in [-0.39, 0.29) is 11.5 Å². The Bertz CT molecular complexity index is 698. The summed E-state index contributed by atoms with van der Waals surface area (Å²) in [6.07, 6.45) is 1.60. The van der Waals surface area contributed by atoms with Crippen molar-refractivity contribution in [3.8, 4) is 6.07 Å². The summed E-state index contributed by atoms with van der Waals surface area (Å²) < 4.78 is 12.8. The van der Waals surface area contributed by atoms with Gasteiger partial charge in [0.1, 0.15) is 5.82 Å². The van der Waals surface area contributed by atoms with E-state index in [0.717, 1.165) is 0 Å². The highest BCUT2D eigenvalue weighted by molar-refractivity contribution is 5.89. The van der Waals surface area contributed by atoms with E-state index >= 15 is 0 Å². The number of nitro groups is 1. The number of hydrogen-bond acceptors (Lipinski definition) is 3. The fourth-order valence-corrected chi connectivity index (χ4v) is 1.67. The van der Waals surface area contributed by atoms with Crippen LogP contribution in [0.25, 0.3) is 11.6 Å². The standard InChI is InChI=1S/C15H9FN2O2/c16-14-5-1-11(2-6-14)9-13(10-17)12-3-7-15(8-4-12)18(19)20/h1-9H/b13-9+. The van der Waals surface area contributed by atoms with Crippen molar-refractivity contribution in [1.82, 2.24) is 0 Å². The fraction of sp³-hybridized carbons (Fsp3) is 0. The highest BCUT2D eigenvalue weighted by Gasteiger charge is 2.06. The molecule has 5 heteroatoms. The summed E-state index contributed by atoms with van der Waals surface area (Å²) in [5.41, 5.74) is 1.57. The largest absolute Gasteiger partial charge is 0.269 e. The predicted molar refractivity (Wildman–Crippen MR) is 73.0 cm³/mol. The second-order valence-corrected chi connectivity index (χ2v) is 4.03. The van der Waals surface area contributed by atoms with Crippen molar-refractivity contribution in [2.75, 3.05) is 0 Å². The first-order valence-electron chi connectivity index (χ1n) is 5.72. The number of benzene rings is 2. The third-order valence-electron chi connectivity index (χ3n) is 2.69. The molecule has 0 aromatic heterocycles. The molecule has 0 amide bonds. The van der Waals surface area contributed by atoms with Crippen LogP contribution in [0.5, 0.6) is 0 Å². The van der Waals surface area contributed by atoms with Gasteiger partial charge in [0.25, 0.3) is 5.69 Å². The van der Waals surface area contributed by atoms with Crippen LogP contribution in [0.4, 0.5) is 10.1 Å². The Balaban J connectivity index is 2.35. The van der Waals surface area contributed by atoms with Crippen molar-refractivity contribution in [1.29, 1.82) is 5.26 Å². The number of nitro benzene ring substituents is 1. The average molecular weight is 268 g/mol. The van der Waals surface area contributed by atoms with Crippen molar-refractivity contribution in [3.05, 3.63) is 75.6 Å². The maximum atomic E-state index is 12.8. The van der Waals surface area contributed by atoms with Gasteiger partial charge in [-0.05, 0) is 41.5 Å². The van der Waals surface area contributed by atoms with Gasteiger partial charge in [0, 0.05) is 12.1 Å². The summed E-state index contributed by atoms with van der Waals surface area (Å²) in [4.78, 5) is 10.1. The van der Waals surface area contributed by atoms with Gasteiger partial charge in [0.2, 0.25) is 0 Å². The van der Waals surface area contributed by atoms with Gasteiger partial charge in [-0.25, -0.2) is 4.39 Å². The van der Waals surface area contributed by atoms with Gasteiger partial charge in [0.05, 0.1) is 16.6 Å². The first kappa shape index (κ1) is 13.4. The summed E-state index contributed by atoms with van der Waals surface area (Å²) in [6, 6.07) is 13.4. The smallest absolute Gasteiger partial charge is 0.258 e. The van der Waals surface area contributed by atoms with E-state index in [1.165, 1.54) is 36.4 Å². The van der Waals surface area contributed by atoms with Gasteiger partial charge in [-0.2, -0.15) is 5.26 Å². The minimum atomic E-state index is -0.500. The predicted octanol–water partition coefficient (Wildman–Crippen LogP) is 3.80. The molecular formula is C15H9FN2O2. The van der Waals surface area contributed by atoms with Gasteiger partial charge < -0.3 is 0 Å². The van der Waals surface area contributed by atoms with Crippen molar-refractivity contribution >= 4 is 17.3 Å². The maximum absolute atomic E-state index is 12.8. The second kappa shape index (κ2) is 5.76. The number of halogens is 1. The van der Waals surface area contributed by atoms with Gasteiger partial charge in [-0.3, -0.25) is 10.1 Å². The zero-order valence-corrected chi connectivity index (χ0v) is 10.3. The molecule has 0 heterocycles. The molecule has 98 valence electrons. The first-order chi connectivity index (χ1) is 9.60. The zero-order chi connectivity index (χ0) is 14.5. The number of non-ortho nitro benzene ring substituents is 1. The van der Waals surface area contributed by atoms with Crippen molar-refractivity contribution in [2.45, 2.75) is 0 Å². The Hall–Kier alpha value is -3.00. The highest BCUT2D eigenvalue weighted by atomic mass is 19.1. The summed E-state index contributed by atoms with van der Waals surface area (Å²) in [7, 11) is 0. The Morgan fingerprint density at radius 3 is 2.25 bits per heavy atom. The van der Waals surface area contributed by atoms with Gasteiger partial charge in [-0.15, -0.1) is 0 Å². The monoisotopic (exact) mass is 268 g/mol. The molecule has 0 aliphatic heterocycles. The van der Waals surface area contributed by atoms with E-state index in [2.05, 4.69) is 0 Å². The van der Waals surface area contributed by atoms with Crippen LogP contribution >= 0.6 is 0 Å². The van der Waals surface area contributed by atoms with Crippen LogP contribution in [0.3, 0.4) is 0 Å². The minimum absolute atomic E-state index is 0.0344. The SMILES string of the molecule is N#C/C(=C\c1ccc(F)cc1)c1ccc([N+](=O)[O-])cc1. The van der Waals surface area contributed by atoms with E-state index in [0.29, 0.717) is 16.7 Å². The van der Waals surface area contributed by atoms with Crippen molar-refractivity contribution < 1.29 is 9.31 Å². The summed E-state index contributed by atoms with van der Waals surface area (Å²) in [5, 5.41) is 19.7. The molecule has 0 aliphatic carbocycles. The van der Waals surface area contributed by atoms with E-state index in [4.69, 9.17) is 5.26 Å². The Morgan fingerprint density at radius 1 is 1.15 bits per heavy atom. The molecule has 2 aromatic carbocycles. The Kier molecular flexibility index (Phi) is 3.87. The molecule has 0 saturated heterocycles. The molecular weight excluding hydrogens is 259 g/mol. The lowest BCUT2D eigenvalue weighted by Gasteiger charge is -2.00. The average Bonchev–Trinajstić information content (AvgIpc) is 2.47. The molecule has 0 radical (unpaired) electrons. The van der Waals surface area contributed by atoms with Crippen LogP contribution < -0.4 is 0 Å². The van der Waals surface area contributed by atoms with Crippen LogP contribution in [-0.4, -0.2) is 4.92 Å². The van der Waals surface area contributed by atoms with E-state index in [9.17, 15) is 14.5 Å². The normalized spacial score (nSPS) is 10.9. The lowest BCUT2D eigenvalue weighted by Crippen LogP contribution is -1.88. The lowest BCUT2D eigenvalue weighted by molar-refractivity contribution is -0.384. The van der Waals surface area contributed by atoms with E-state index < -0.39 is 4.92 Å². The molecule has 0 bridgehead atoms. The molecule has 0 saturated carbocycles. The quantitative estimate of drug-likeness (QED) is 0.368. The van der Waals surface area contributed by atoms with Crippen LogP contribution in [0, 0.1) is 27.3 Å². The third-order valence-corrected chi connectivity index (χ3v) is 2.69. The number of nitriles is 1. The fourth-order valence-electron chi connectivity index (χ4n) is 1.67. The van der Waals surface area contributed by atoms with Crippen LogP contribution in [0.2, 0.25) is 0 Å². The Morgan fingerprint density at radius 2 is 1.75 bits per heavy atom. The number of nitrogens with zero attached hydrogens (tertiary/aromatic N) is 2. The number of rotatable bonds is 3. The molecule has 0 aliphatic rings. The molecule has 0 spiro atoms. The Labute approximate surface area is 114 Å². The molecule has 0 N–H and O–H groups in total. The third kappa shape index (κ3) is 3.06. The van der Waals surface area contributed by atoms with Gasteiger partial charge in [-0.1, -0.05) is 12.1 Å². The van der Waals surface area contributed by atoms with E-state index in [1.54, 1.807) is 18.2 Å². The minimum Gasteiger partial charge on any atom is -0.258 e.